The summed E-state index contributed by atoms with van der Waals surface area (Å²) in [5, 5.41) is 0. The smallest absolute Gasteiger partial charge is 0.0100 e. The Morgan fingerprint density at radius 2 is 2.10 bits per heavy atom. The van der Waals surface area contributed by atoms with Crippen molar-refractivity contribution in [3.63, 3.8) is 0 Å². The van der Waals surface area contributed by atoms with Crippen LogP contribution >= 0.6 is 0 Å². The van der Waals surface area contributed by atoms with Crippen molar-refractivity contribution in [2.75, 3.05) is 0 Å². The average Bonchev–Trinajstić information content (AvgIpc) is 2.62. The summed E-state index contributed by atoms with van der Waals surface area (Å²) < 4.78 is 0. The van der Waals surface area contributed by atoms with Crippen molar-refractivity contribution in [3.05, 3.63) is 11.1 Å². The van der Waals surface area contributed by atoms with E-state index in [2.05, 4.69) is 20.8 Å². The second kappa shape index (κ2) is 3.23. The van der Waals surface area contributed by atoms with Crippen LogP contribution in [0.15, 0.2) is 11.1 Å². The molecular weight excluding hydrogens is 120 g/mol. The molecule has 0 aromatic rings. The molecule has 10 heavy (non-hydrogen) atoms. The Kier molecular flexibility index (Phi) is 2.53. The molecule has 0 saturated carbocycles. The Morgan fingerprint density at radius 3 is 2.50 bits per heavy atom. The number of rotatable bonds is 4. The van der Waals surface area contributed by atoms with Crippen molar-refractivity contribution in [3.8, 4) is 0 Å². The van der Waals surface area contributed by atoms with Gasteiger partial charge in [-0.25, -0.2) is 0 Å². The van der Waals surface area contributed by atoms with Gasteiger partial charge >= 0.3 is 0 Å². The van der Waals surface area contributed by atoms with Gasteiger partial charge in [0.1, 0.15) is 0 Å². The zero-order valence-corrected chi connectivity index (χ0v) is 7.41. The van der Waals surface area contributed by atoms with Gasteiger partial charge in [0.05, 0.1) is 0 Å². The maximum atomic E-state index is 2.30. The van der Waals surface area contributed by atoms with Crippen molar-refractivity contribution in [1.82, 2.24) is 0 Å². The fourth-order valence-electron chi connectivity index (χ4n) is 1.44. The fourth-order valence-corrected chi connectivity index (χ4v) is 1.44. The third-order valence-corrected chi connectivity index (χ3v) is 2.26. The van der Waals surface area contributed by atoms with Gasteiger partial charge in [0.2, 0.25) is 0 Å². The molecule has 0 aromatic carbocycles. The molecule has 1 aliphatic rings. The highest BCUT2D eigenvalue weighted by Crippen LogP contribution is 2.39. The minimum Gasteiger partial charge on any atom is -0.0664 e. The zero-order chi connectivity index (χ0) is 7.56. The van der Waals surface area contributed by atoms with Crippen LogP contribution in [0, 0.1) is 5.92 Å². The molecule has 0 fully saturated rings. The van der Waals surface area contributed by atoms with E-state index in [1.807, 2.05) is 0 Å². The summed E-state index contributed by atoms with van der Waals surface area (Å²) in [6.45, 7) is 6.86. The number of hydrogen-bond acceptors (Lipinski definition) is 0. The summed E-state index contributed by atoms with van der Waals surface area (Å²) in [6.07, 6.45) is 5.47. The summed E-state index contributed by atoms with van der Waals surface area (Å²) in [6, 6.07) is 0. The van der Waals surface area contributed by atoms with E-state index in [1.165, 1.54) is 25.7 Å². The minimum atomic E-state index is 0.826. The van der Waals surface area contributed by atoms with Crippen molar-refractivity contribution in [1.29, 1.82) is 0 Å². The van der Waals surface area contributed by atoms with Gasteiger partial charge in [-0.15, -0.1) is 0 Å². The molecule has 0 spiro atoms. The molecule has 1 rings (SSSR count). The van der Waals surface area contributed by atoms with E-state index in [0.29, 0.717) is 0 Å². The predicted octanol–water partition coefficient (Wildman–Crippen LogP) is 3.53. The number of unbranched alkanes of at least 4 members (excludes halogenated alkanes) is 1. The minimum absolute atomic E-state index is 0.826. The van der Waals surface area contributed by atoms with Gasteiger partial charge in [-0.05, 0) is 25.2 Å². The molecule has 0 radical (unpaired) electrons. The van der Waals surface area contributed by atoms with Crippen LogP contribution in [-0.4, -0.2) is 0 Å². The lowest BCUT2D eigenvalue weighted by Crippen LogP contribution is -1.78. The summed E-state index contributed by atoms with van der Waals surface area (Å²) in [5.41, 5.74) is 3.50. The molecule has 0 nitrogen and oxygen atoms in total. The van der Waals surface area contributed by atoms with Crippen molar-refractivity contribution in [2.45, 2.75) is 46.5 Å². The zero-order valence-electron chi connectivity index (χ0n) is 7.41. The van der Waals surface area contributed by atoms with Crippen LogP contribution in [0.25, 0.3) is 0 Å². The maximum Gasteiger partial charge on any atom is -0.0100 e. The van der Waals surface area contributed by atoms with Crippen molar-refractivity contribution in [2.24, 2.45) is 5.92 Å². The number of hydrogen-bond donors (Lipinski definition) is 0. The molecule has 1 aliphatic carbocycles. The molecule has 0 N–H and O–H groups in total. The van der Waals surface area contributed by atoms with Crippen molar-refractivity contribution < 1.29 is 0 Å². The van der Waals surface area contributed by atoms with Crippen LogP contribution in [0.5, 0.6) is 0 Å². The summed E-state index contributed by atoms with van der Waals surface area (Å²) in [7, 11) is 0. The van der Waals surface area contributed by atoms with Crippen LogP contribution < -0.4 is 0 Å². The van der Waals surface area contributed by atoms with Crippen LogP contribution in [0.2, 0.25) is 0 Å². The van der Waals surface area contributed by atoms with E-state index in [9.17, 15) is 0 Å². The average molecular weight is 138 g/mol. The van der Waals surface area contributed by atoms with E-state index >= 15 is 0 Å². The predicted molar refractivity (Wildman–Crippen MR) is 46.0 cm³/mol. The van der Waals surface area contributed by atoms with E-state index in [1.54, 1.807) is 11.1 Å². The normalized spacial score (nSPS) is 16.8. The highest BCUT2D eigenvalue weighted by Gasteiger charge is 2.22. The van der Waals surface area contributed by atoms with Gasteiger partial charge in [-0.2, -0.15) is 0 Å². The first-order valence-corrected chi connectivity index (χ1v) is 4.46. The summed E-state index contributed by atoms with van der Waals surface area (Å²) >= 11 is 0. The van der Waals surface area contributed by atoms with Gasteiger partial charge in [0.15, 0.2) is 0 Å². The molecule has 0 atom stereocenters. The third kappa shape index (κ3) is 1.86. The van der Waals surface area contributed by atoms with Gasteiger partial charge in [0, 0.05) is 0 Å². The highest BCUT2D eigenvalue weighted by molar-refractivity contribution is 5.35. The van der Waals surface area contributed by atoms with Gasteiger partial charge in [-0.3, -0.25) is 0 Å². The Balaban J connectivity index is 2.20. The van der Waals surface area contributed by atoms with E-state index in [-0.39, 0.29) is 0 Å². The van der Waals surface area contributed by atoms with E-state index < -0.39 is 0 Å². The SMILES string of the molecule is CCCCC1=C(C(C)C)C1. The Hall–Kier alpha value is -0.260. The topological polar surface area (TPSA) is 0 Å². The monoisotopic (exact) mass is 138 g/mol. The lowest BCUT2D eigenvalue weighted by Gasteiger charge is -1.92. The molecule has 0 aliphatic heterocycles. The second-order valence-electron chi connectivity index (χ2n) is 3.56. The maximum absolute atomic E-state index is 2.30. The molecule has 0 amide bonds. The van der Waals surface area contributed by atoms with E-state index in [4.69, 9.17) is 0 Å². The quantitative estimate of drug-likeness (QED) is 0.521. The lowest BCUT2D eigenvalue weighted by atomic mass is 10.1. The second-order valence-corrected chi connectivity index (χ2v) is 3.56. The fraction of sp³-hybridized carbons (Fsp3) is 0.800. The van der Waals surface area contributed by atoms with E-state index in [0.717, 1.165) is 5.92 Å². The summed E-state index contributed by atoms with van der Waals surface area (Å²) in [4.78, 5) is 0. The molecule has 0 bridgehead atoms. The summed E-state index contributed by atoms with van der Waals surface area (Å²) in [5.74, 6) is 0.826. The van der Waals surface area contributed by atoms with Crippen LogP contribution in [0.1, 0.15) is 46.5 Å². The van der Waals surface area contributed by atoms with Crippen LogP contribution in [0.3, 0.4) is 0 Å². The molecule has 0 heterocycles. The standard InChI is InChI=1S/C10H18/c1-4-5-6-9-7-10(9)8(2)3/h8H,4-7H2,1-3H3. The van der Waals surface area contributed by atoms with Crippen LogP contribution in [-0.2, 0) is 0 Å². The number of allylic oxidation sites excluding steroid dienone is 2. The molecule has 0 aromatic heterocycles. The van der Waals surface area contributed by atoms with Gasteiger partial charge < -0.3 is 0 Å². The molecule has 0 saturated heterocycles. The molecular formula is C10H18. The first-order chi connectivity index (χ1) is 4.75. The molecule has 0 unspecified atom stereocenters. The highest BCUT2D eigenvalue weighted by atomic mass is 14.3. The molecule has 0 heteroatoms. The first-order valence-electron chi connectivity index (χ1n) is 4.46. The third-order valence-electron chi connectivity index (χ3n) is 2.26. The Labute approximate surface area is 64.3 Å². The van der Waals surface area contributed by atoms with Gasteiger partial charge in [0.25, 0.3) is 0 Å². The molecule has 58 valence electrons. The first kappa shape index (κ1) is 7.84. The van der Waals surface area contributed by atoms with Crippen LogP contribution in [0.4, 0.5) is 0 Å². The lowest BCUT2D eigenvalue weighted by molar-refractivity contribution is 0.787. The van der Waals surface area contributed by atoms with Crippen molar-refractivity contribution >= 4 is 0 Å². The Bertz CT molecular complexity index is 140. The Morgan fingerprint density at radius 1 is 1.40 bits per heavy atom. The van der Waals surface area contributed by atoms with Gasteiger partial charge in [-0.1, -0.05) is 38.3 Å². The largest absolute Gasteiger partial charge is 0.0664 e.